The molecule has 14 rings (SSSR count). The Kier molecular flexibility index (Phi) is 6.96. The van der Waals surface area contributed by atoms with Crippen molar-refractivity contribution in [3.8, 4) is 33.8 Å². The summed E-state index contributed by atoms with van der Waals surface area (Å²) in [5.41, 5.74) is 13.3. The molecule has 0 aliphatic rings. The van der Waals surface area contributed by atoms with Crippen LogP contribution < -0.4 is 0 Å². The van der Waals surface area contributed by atoms with Crippen LogP contribution in [0.15, 0.2) is 205 Å². The lowest BCUT2D eigenvalue weighted by molar-refractivity contribution is 0.673. The van der Waals surface area contributed by atoms with Gasteiger partial charge in [0.25, 0.3) is 0 Å². The summed E-state index contributed by atoms with van der Waals surface area (Å²) in [6, 6.07) is 72.3. The lowest BCUT2D eigenvalue weighted by Gasteiger charge is -2.13. The van der Waals surface area contributed by atoms with Gasteiger partial charge in [-0.1, -0.05) is 133 Å². The van der Waals surface area contributed by atoms with Crippen LogP contribution in [0.2, 0.25) is 0 Å². The van der Waals surface area contributed by atoms with Crippen molar-refractivity contribution >= 4 is 108 Å². The highest BCUT2D eigenvalue weighted by molar-refractivity contribution is 7.26. The van der Waals surface area contributed by atoms with Crippen molar-refractivity contribution in [1.29, 1.82) is 0 Å². The number of hydrogen-bond donors (Lipinski definition) is 0. The molecular formula is C57H33N3OS. The molecule has 0 aliphatic heterocycles. The van der Waals surface area contributed by atoms with Gasteiger partial charge in [-0.05, 0) is 89.0 Å². The highest BCUT2D eigenvalue weighted by atomic mass is 32.1. The van der Waals surface area contributed by atoms with Crippen molar-refractivity contribution in [2.24, 2.45) is 0 Å². The molecule has 0 bridgehead atoms. The summed E-state index contributed by atoms with van der Waals surface area (Å²) in [5, 5.41) is 10.7. The van der Waals surface area contributed by atoms with E-state index < -0.39 is 0 Å². The summed E-state index contributed by atoms with van der Waals surface area (Å²) in [7, 11) is 0. The molecule has 0 aliphatic carbocycles. The molecule has 62 heavy (non-hydrogen) atoms. The highest BCUT2D eigenvalue weighted by Crippen LogP contribution is 2.47. The van der Waals surface area contributed by atoms with Crippen molar-refractivity contribution in [3.63, 3.8) is 0 Å². The van der Waals surface area contributed by atoms with Gasteiger partial charge < -0.3 is 8.98 Å². The zero-order chi connectivity index (χ0) is 40.5. The number of hydrogen-bond acceptors (Lipinski definition) is 3. The van der Waals surface area contributed by atoms with Crippen LogP contribution in [0.4, 0.5) is 0 Å². The first kappa shape index (κ1) is 33.8. The van der Waals surface area contributed by atoms with E-state index in [1.807, 2.05) is 11.3 Å². The molecule has 0 fully saturated rings. The van der Waals surface area contributed by atoms with E-state index in [4.69, 9.17) is 9.40 Å². The Balaban J connectivity index is 0.980. The van der Waals surface area contributed by atoms with E-state index in [-0.39, 0.29) is 0 Å². The Morgan fingerprint density at radius 1 is 0.403 bits per heavy atom. The molecule has 0 unspecified atom stereocenters. The van der Waals surface area contributed by atoms with E-state index in [9.17, 15) is 0 Å². The fourth-order valence-electron chi connectivity index (χ4n) is 10.2. The van der Waals surface area contributed by atoms with Crippen LogP contribution in [0.25, 0.3) is 130 Å². The number of para-hydroxylation sites is 4. The third-order valence-corrected chi connectivity index (χ3v) is 14.1. The predicted molar refractivity (Wildman–Crippen MR) is 261 cm³/mol. The summed E-state index contributed by atoms with van der Waals surface area (Å²) in [6.45, 7) is 0. The first-order valence-electron chi connectivity index (χ1n) is 21.0. The van der Waals surface area contributed by atoms with E-state index in [0.29, 0.717) is 0 Å². The molecular weight excluding hydrogens is 775 g/mol. The van der Waals surface area contributed by atoms with Crippen molar-refractivity contribution < 1.29 is 4.42 Å². The van der Waals surface area contributed by atoms with E-state index in [2.05, 4.69) is 209 Å². The Morgan fingerprint density at radius 2 is 0.984 bits per heavy atom. The van der Waals surface area contributed by atoms with Gasteiger partial charge in [0.15, 0.2) is 0 Å². The van der Waals surface area contributed by atoms with Gasteiger partial charge in [-0.15, -0.1) is 11.3 Å². The first-order valence-corrected chi connectivity index (χ1v) is 21.9. The SMILES string of the molecule is c1ccc(-c2cc(-n3c4ccccc4c4cc(-c5ccc6c(c5)c5ccccc5n6-c5cc6c7ccccc7oc6c6c5sc5ccccc56)ccc43)nc3ccccc23)cc1. The maximum absolute atomic E-state index is 6.66. The minimum absolute atomic E-state index is 0.907. The van der Waals surface area contributed by atoms with Crippen LogP contribution in [0.1, 0.15) is 0 Å². The lowest BCUT2D eigenvalue weighted by atomic mass is 10.0. The number of nitrogens with zero attached hydrogens (tertiary/aromatic N) is 3. The number of fused-ring (bicyclic) bond motifs is 14. The quantitative estimate of drug-likeness (QED) is 0.178. The molecule has 0 N–H and O–H groups in total. The van der Waals surface area contributed by atoms with Crippen LogP contribution in [0.3, 0.4) is 0 Å². The van der Waals surface area contributed by atoms with Crippen LogP contribution >= 0.6 is 11.3 Å². The predicted octanol–water partition coefficient (Wildman–Crippen LogP) is 16.0. The molecule has 0 spiro atoms. The van der Waals surface area contributed by atoms with E-state index >= 15 is 0 Å². The van der Waals surface area contributed by atoms with Gasteiger partial charge in [0.2, 0.25) is 0 Å². The smallest absolute Gasteiger partial charge is 0.144 e. The molecule has 5 heteroatoms. The zero-order valence-corrected chi connectivity index (χ0v) is 34.0. The van der Waals surface area contributed by atoms with Gasteiger partial charge in [-0.2, -0.15) is 0 Å². The summed E-state index contributed by atoms with van der Waals surface area (Å²) < 4.78 is 13.9. The lowest BCUT2D eigenvalue weighted by Crippen LogP contribution is -1.99. The normalized spacial score (nSPS) is 12.2. The standard InChI is InChI=1S/C57H33N3OS/c1-2-14-34(15-3-1)42-33-54(58-46-21-9-4-16-37(42)46)60-48-23-11-6-18-39(48)44-31-36(27-29-50(44)60)35-26-28-49-43(30-35)38-17-5-10-22-47(38)59(49)51-32-45-40-19-7-12-24-52(40)61-56(45)55-41-20-8-13-25-53(41)62-57(51)55/h1-33H. The number of thiophene rings is 1. The van der Waals surface area contributed by atoms with Crippen molar-refractivity contribution in [1.82, 2.24) is 14.1 Å². The Labute approximate surface area is 358 Å². The van der Waals surface area contributed by atoms with Crippen LogP contribution in [0, 0.1) is 0 Å². The molecule has 0 saturated heterocycles. The Morgan fingerprint density at radius 3 is 1.74 bits per heavy atom. The number of benzene rings is 9. The molecule has 4 nitrogen and oxygen atoms in total. The molecule has 9 aromatic carbocycles. The van der Waals surface area contributed by atoms with Crippen molar-refractivity contribution in [3.05, 3.63) is 200 Å². The van der Waals surface area contributed by atoms with Gasteiger partial charge in [0.1, 0.15) is 17.0 Å². The second-order valence-corrected chi connectivity index (χ2v) is 17.3. The summed E-state index contributed by atoms with van der Waals surface area (Å²) in [5.74, 6) is 0.907. The fourth-order valence-corrected chi connectivity index (χ4v) is 11.4. The molecule has 0 amide bonds. The number of rotatable bonds is 4. The summed E-state index contributed by atoms with van der Waals surface area (Å²) >= 11 is 1.84. The average Bonchev–Trinajstić information content (AvgIpc) is 4.09. The monoisotopic (exact) mass is 807 g/mol. The minimum Gasteiger partial charge on any atom is -0.455 e. The van der Waals surface area contributed by atoms with Crippen LogP contribution in [-0.2, 0) is 0 Å². The van der Waals surface area contributed by atoms with Crippen molar-refractivity contribution in [2.75, 3.05) is 0 Å². The van der Waals surface area contributed by atoms with Crippen LogP contribution in [-0.4, -0.2) is 14.1 Å². The number of furan rings is 1. The maximum atomic E-state index is 6.66. The minimum atomic E-state index is 0.907. The number of pyridine rings is 1. The molecule has 5 heterocycles. The first-order chi connectivity index (χ1) is 30.7. The zero-order valence-electron chi connectivity index (χ0n) is 33.2. The third kappa shape index (κ3) is 4.74. The van der Waals surface area contributed by atoms with Gasteiger partial charge in [0.05, 0.1) is 38.0 Å². The van der Waals surface area contributed by atoms with Crippen LogP contribution in [0.5, 0.6) is 0 Å². The highest BCUT2D eigenvalue weighted by Gasteiger charge is 2.23. The third-order valence-electron chi connectivity index (χ3n) is 12.9. The molecule has 0 atom stereocenters. The van der Waals surface area contributed by atoms with Gasteiger partial charge in [0, 0.05) is 53.2 Å². The molecule has 14 aromatic rings. The molecule has 0 radical (unpaired) electrons. The Hall–Kier alpha value is -7.99. The molecule has 5 aromatic heterocycles. The topological polar surface area (TPSA) is 35.9 Å². The van der Waals surface area contributed by atoms with E-state index in [1.165, 1.54) is 80.7 Å². The van der Waals surface area contributed by atoms with E-state index in [1.54, 1.807) is 0 Å². The van der Waals surface area contributed by atoms with E-state index in [0.717, 1.165) is 49.7 Å². The number of aromatic nitrogens is 3. The largest absolute Gasteiger partial charge is 0.455 e. The van der Waals surface area contributed by atoms with Gasteiger partial charge in [-0.25, -0.2) is 4.98 Å². The van der Waals surface area contributed by atoms with Crippen molar-refractivity contribution in [2.45, 2.75) is 0 Å². The maximum Gasteiger partial charge on any atom is 0.144 e. The fraction of sp³-hybridized carbons (Fsp3) is 0. The van der Waals surface area contributed by atoms with Gasteiger partial charge >= 0.3 is 0 Å². The molecule has 288 valence electrons. The second kappa shape index (κ2) is 12.8. The van der Waals surface area contributed by atoms with Gasteiger partial charge in [-0.3, -0.25) is 4.57 Å². The molecule has 0 saturated carbocycles. The Bertz CT molecular complexity index is 4170. The summed E-state index contributed by atoms with van der Waals surface area (Å²) in [4.78, 5) is 5.29. The second-order valence-electron chi connectivity index (χ2n) is 16.3. The summed E-state index contributed by atoms with van der Waals surface area (Å²) in [6.07, 6.45) is 0. The average molecular weight is 808 g/mol.